The van der Waals surface area contributed by atoms with Crippen LogP contribution in [-0.4, -0.2) is 26.8 Å². The third-order valence-electron chi connectivity index (χ3n) is 4.82. The molecule has 1 fully saturated rings. The summed E-state index contributed by atoms with van der Waals surface area (Å²) in [5, 5.41) is 17.4. The first-order valence-electron chi connectivity index (χ1n) is 8.95. The molecule has 1 saturated carbocycles. The molecule has 0 radical (unpaired) electrons. The number of anilines is 1. The van der Waals surface area contributed by atoms with Gasteiger partial charge in [0.05, 0.1) is 12.0 Å². The molecule has 1 aromatic heterocycles. The predicted molar refractivity (Wildman–Crippen MR) is 95.1 cm³/mol. The molecule has 134 valence electrons. The van der Waals surface area contributed by atoms with Gasteiger partial charge in [0.15, 0.2) is 5.82 Å². The Morgan fingerprint density at radius 2 is 2.08 bits per heavy atom. The van der Waals surface area contributed by atoms with Gasteiger partial charge in [0.2, 0.25) is 5.91 Å². The van der Waals surface area contributed by atoms with Gasteiger partial charge in [0.25, 0.3) is 5.89 Å². The lowest BCUT2D eigenvalue weighted by Gasteiger charge is -2.31. The molecule has 25 heavy (non-hydrogen) atoms. The van der Waals surface area contributed by atoms with Crippen molar-refractivity contribution in [3.63, 3.8) is 0 Å². The number of aryl methyl sites for hydroxylation is 2. The first-order valence-corrected chi connectivity index (χ1v) is 8.95. The number of aliphatic hydroxyl groups is 1. The van der Waals surface area contributed by atoms with Gasteiger partial charge >= 0.3 is 0 Å². The lowest BCUT2D eigenvalue weighted by atomic mass is 9.82. The Balaban J connectivity index is 1.73. The maximum Gasteiger partial charge on any atom is 0.257 e. The Labute approximate surface area is 147 Å². The Kier molecular flexibility index (Phi) is 5.18. The van der Waals surface area contributed by atoms with E-state index in [4.69, 9.17) is 4.52 Å². The van der Waals surface area contributed by atoms with Crippen molar-refractivity contribution in [3.8, 4) is 11.5 Å². The predicted octanol–water partition coefficient (Wildman–Crippen LogP) is 3.63. The molecule has 0 atom stereocenters. The molecule has 1 amide bonds. The summed E-state index contributed by atoms with van der Waals surface area (Å²) in [6, 6.07) is 5.65. The lowest BCUT2D eigenvalue weighted by molar-refractivity contribution is -0.122. The Hall–Kier alpha value is -2.21. The number of benzene rings is 1. The molecule has 1 aromatic carbocycles. The summed E-state index contributed by atoms with van der Waals surface area (Å²) in [6.07, 6.45) is 5.33. The second-order valence-electron chi connectivity index (χ2n) is 6.91. The molecule has 1 heterocycles. The largest absolute Gasteiger partial charge is 0.389 e. The van der Waals surface area contributed by atoms with Crippen LogP contribution in [-0.2, 0) is 11.2 Å². The van der Waals surface area contributed by atoms with Crippen LogP contribution in [0.4, 0.5) is 5.69 Å². The normalized spacial score (nSPS) is 16.6. The lowest BCUT2D eigenvalue weighted by Crippen LogP contribution is -2.36. The van der Waals surface area contributed by atoms with Crippen LogP contribution >= 0.6 is 0 Å². The van der Waals surface area contributed by atoms with Crippen LogP contribution in [0.5, 0.6) is 0 Å². The minimum atomic E-state index is -0.865. The topological polar surface area (TPSA) is 88.2 Å². The van der Waals surface area contributed by atoms with Crippen molar-refractivity contribution in [2.24, 2.45) is 0 Å². The van der Waals surface area contributed by atoms with E-state index in [1.807, 2.05) is 32.0 Å². The van der Waals surface area contributed by atoms with Crippen LogP contribution in [0.15, 0.2) is 22.7 Å². The molecule has 3 rings (SSSR count). The number of amides is 1. The summed E-state index contributed by atoms with van der Waals surface area (Å²) in [4.78, 5) is 16.7. The number of nitrogens with zero attached hydrogens (tertiary/aromatic N) is 2. The fourth-order valence-electron chi connectivity index (χ4n) is 3.28. The van der Waals surface area contributed by atoms with Crippen molar-refractivity contribution in [2.45, 2.75) is 64.4 Å². The molecule has 2 aromatic rings. The first kappa shape index (κ1) is 17.6. The second-order valence-corrected chi connectivity index (χ2v) is 6.91. The zero-order chi connectivity index (χ0) is 17.9. The highest BCUT2D eigenvalue weighted by molar-refractivity contribution is 5.92. The molecule has 1 aliphatic carbocycles. The Morgan fingerprint density at radius 1 is 1.32 bits per heavy atom. The van der Waals surface area contributed by atoms with Gasteiger partial charge in [-0.15, -0.1) is 0 Å². The molecule has 1 aliphatic rings. The SMILES string of the molecule is CCc1noc(-c2ccc(C)c(NC(=O)CC3(O)CCCCC3)c2)n1. The Bertz CT molecular complexity index is 748. The molecular formula is C19H25N3O3. The van der Waals surface area contributed by atoms with Crippen LogP contribution in [0.2, 0.25) is 0 Å². The van der Waals surface area contributed by atoms with Gasteiger partial charge in [-0.25, -0.2) is 0 Å². The van der Waals surface area contributed by atoms with Crippen LogP contribution in [0.1, 0.15) is 56.8 Å². The van der Waals surface area contributed by atoms with E-state index < -0.39 is 5.60 Å². The number of carbonyl (C=O) groups is 1. The van der Waals surface area contributed by atoms with E-state index in [9.17, 15) is 9.90 Å². The third kappa shape index (κ3) is 4.25. The molecule has 6 nitrogen and oxygen atoms in total. The fraction of sp³-hybridized carbons (Fsp3) is 0.526. The molecule has 0 bridgehead atoms. The van der Waals surface area contributed by atoms with E-state index in [2.05, 4.69) is 15.5 Å². The average Bonchev–Trinajstić information content (AvgIpc) is 3.06. The number of hydrogen-bond acceptors (Lipinski definition) is 5. The van der Waals surface area contributed by atoms with Gasteiger partial charge in [-0.2, -0.15) is 4.98 Å². The monoisotopic (exact) mass is 343 g/mol. The molecule has 0 unspecified atom stereocenters. The van der Waals surface area contributed by atoms with Crippen LogP contribution < -0.4 is 5.32 Å². The van der Waals surface area contributed by atoms with Crippen molar-refractivity contribution in [1.29, 1.82) is 0 Å². The van der Waals surface area contributed by atoms with E-state index >= 15 is 0 Å². The number of aromatic nitrogens is 2. The quantitative estimate of drug-likeness (QED) is 0.865. The smallest absolute Gasteiger partial charge is 0.257 e. The number of nitrogens with one attached hydrogen (secondary N) is 1. The van der Waals surface area contributed by atoms with E-state index in [1.54, 1.807) is 0 Å². The summed E-state index contributed by atoms with van der Waals surface area (Å²) in [7, 11) is 0. The molecule has 0 aliphatic heterocycles. The molecular weight excluding hydrogens is 318 g/mol. The average molecular weight is 343 g/mol. The van der Waals surface area contributed by atoms with Crippen LogP contribution in [0, 0.1) is 6.92 Å². The van der Waals surface area contributed by atoms with E-state index in [0.29, 0.717) is 36.7 Å². The zero-order valence-corrected chi connectivity index (χ0v) is 14.8. The van der Waals surface area contributed by atoms with Gasteiger partial charge in [0, 0.05) is 17.7 Å². The fourth-order valence-corrected chi connectivity index (χ4v) is 3.28. The van der Waals surface area contributed by atoms with Crippen molar-refractivity contribution >= 4 is 11.6 Å². The third-order valence-corrected chi connectivity index (χ3v) is 4.82. The molecule has 0 saturated heterocycles. The molecule has 0 spiro atoms. The minimum absolute atomic E-state index is 0.136. The second kappa shape index (κ2) is 7.35. The summed E-state index contributed by atoms with van der Waals surface area (Å²) < 4.78 is 5.27. The van der Waals surface area contributed by atoms with Crippen LogP contribution in [0.25, 0.3) is 11.5 Å². The molecule has 6 heteroatoms. The minimum Gasteiger partial charge on any atom is -0.389 e. The van der Waals surface area contributed by atoms with E-state index in [0.717, 1.165) is 30.4 Å². The summed E-state index contributed by atoms with van der Waals surface area (Å²) in [5.74, 6) is 0.934. The summed E-state index contributed by atoms with van der Waals surface area (Å²) >= 11 is 0. The van der Waals surface area contributed by atoms with Gasteiger partial charge in [-0.05, 0) is 37.5 Å². The van der Waals surface area contributed by atoms with Crippen molar-refractivity contribution < 1.29 is 14.4 Å². The van der Waals surface area contributed by atoms with Crippen molar-refractivity contribution in [1.82, 2.24) is 10.1 Å². The number of carbonyl (C=O) groups excluding carboxylic acids is 1. The van der Waals surface area contributed by atoms with Crippen LogP contribution in [0.3, 0.4) is 0 Å². The summed E-state index contributed by atoms with van der Waals surface area (Å²) in [5.41, 5.74) is 1.56. The number of rotatable bonds is 5. The van der Waals surface area contributed by atoms with E-state index in [1.165, 1.54) is 0 Å². The highest BCUT2D eigenvalue weighted by Crippen LogP contribution is 2.31. The zero-order valence-electron chi connectivity index (χ0n) is 14.8. The standard InChI is InChI=1S/C19H25N3O3/c1-3-16-21-18(25-22-16)14-8-7-13(2)15(11-14)20-17(23)12-19(24)9-5-4-6-10-19/h7-8,11,24H,3-6,9-10,12H2,1-2H3,(H,20,23). The maximum absolute atomic E-state index is 12.4. The van der Waals surface area contributed by atoms with Gasteiger partial charge < -0.3 is 14.9 Å². The van der Waals surface area contributed by atoms with Crippen molar-refractivity contribution in [3.05, 3.63) is 29.6 Å². The maximum atomic E-state index is 12.4. The number of hydrogen-bond donors (Lipinski definition) is 2. The Morgan fingerprint density at radius 3 is 2.76 bits per heavy atom. The van der Waals surface area contributed by atoms with Crippen molar-refractivity contribution in [2.75, 3.05) is 5.32 Å². The highest BCUT2D eigenvalue weighted by Gasteiger charge is 2.31. The van der Waals surface area contributed by atoms with Gasteiger partial charge in [-0.3, -0.25) is 4.79 Å². The first-order chi connectivity index (χ1) is 12.0. The molecule has 2 N–H and O–H groups in total. The summed E-state index contributed by atoms with van der Waals surface area (Å²) in [6.45, 7) is 3.89. The van der Waals surface area contributed by atoms with Gasteiger partial charge in [-0.1, -0.05) is 37.4 Å². The van der Waals surface area contributed by atoms with E-state index in [-0.39, 0.29) is 12.3 Å². The highest BCUT2D eigenvalue weighted by atomic mass is 16.5. The van der Waals surface area contributed by atoms with Gasteiger partial charge in [0.1, 0.15) is 0 Å².